The molecule has 74 valence electrons. The average molecular weight is 190 g/mol. The Morgan fingerprint density at radius 2 is 2.43 bits per heavy atom. The smallest absolute Gasteiger partial charge is 0.155 e. The Hall–Kier alpha value is -1.42. The Labute approximate surface area is 83.0 Å². The van der Waals surface area contributed by atoms with Crippen LogP contribution in [0.5, 0.6) is 0 Å². The minimum absolute atomic E-state index is 0.444. The quantitative estimate of drug-likeness (QED) is 0.781. The zero-order valence-corrected chi connectivity index (χ0v) is 8.44. The normalized spacial score (nSPS) is 13.3. The number of aromatic nitrogens is 3. The molecule has 0 saturated heterocycles. The van der Waals surface area contributed by atoms with Crippen LogP contribution in [0.1, 0.15) is 12.6 Å². The van der Waals surface area contributed by atoms with Crippen molar-refractivity contribution in [3.05, 3.63) is 30.2 Å². The van der Waals surface area contributed by atoms with Gasteiger partial charge in [0.25, 0.3) is 0 Å². The van der Waals surface area contributed by atoms with E-state index in [4.69, 9.17) is 0 Å². The molecule has 1 N–H and O–H groups in total. The van der Waals surface area contributed by atoms with Crippen LogP contribution in [0.15, 0.2) is 24.5 Å². The molecule has 1 atom stereocenters. The maximum atomic E-state index is 4.41. The van der Waals surface area contributed by atoms with E-state index in [1.54, 1.807) is 10.7 Å². The second kappa shape index (κ2) is 3.75. The molecule has 0 bridgehead atoms. The first-order valence-electron chi connectivity index (χ1n) is 4.76. The summed E-state index contributed by atoms with van der Waals surface area (Å²) in [6, 6.07) is 4.35. The lowest BCUT2D eigenvalue weighted by Gasteiger charge is -2.05. The molecular weight excluding hydrogens is 176 g/mol. The van der Waals surface area contributed by atoms with Gasteiger partial charge in [0.15, 0.2) is 5.65 Å². The van der Waals surface area contributed by atoms with E-state index in [1.165, 1.54) is 0 Å². The first-order valence-corrected chi connectivity index (χ1v) is 4.76. The minimum atomic E-state index is 0.444. The Morgan fingerprint density at radius 1 is 1.57 bits per heavy atom. The lowest BCUT2D eigenvalue weighted by molar-refractivity contribution is 0.598. The summed E-state index contributed by atoms with van der Waals surface area (Å²) in [7, 11) is 1.96. The molecule has 14 heavy (non-hydrogen) atoms. The van der Waals surface area contributed by atoms with Gasteiger partial charge in [-0.1, -0.05) is 0 Å². The molecule has 0 amide bonds. The average Bonchev–Trinajstić information content (AvgIpc) is 2.59. The van der Waals surface area contributed by atoms with Crippen LogP contribution >= 0.6 is 0 Å². The molecule has 2 rings (SSSR count). The van der Waals surface area contributed by atoms with Crippen molar-refractivity contribution >= 4 is 5.65 Å². The number of hydrogen-bond donors (Lipinski definition) is 1. The second-order valence-corrected chi connectivity index (χ2v) is 3.45. The summed E-state index contributed by atoms with van der Waals surface area (Å²) in [5, 5.41) is 7.60. The Morgan fingerprint density at radius 3 is 3.14 bits per heavy atom. The third kappa shape index (κ3) is 1.75. The molecule has 2 aromatic heterocycles. The fraction of sp³-hybridized carbons (Fsp3) is 0.400. The highest BCUT2D eigenvalue weighted by atomic mass is 15.2. The number of rotatable bonds is 3. The number of fused-ring (bicyclic) bond motifs is 1. The molecule has 0 aliphatic heterocycles. The number of hydrogen-bond acceptors (Lipinski definition) is 3. The molecule has 0 spiro atoms. The van der Waals surface area contributed by atoms with E-state index < -0.39 is 0 Å². The summed E-state index contributed by atoms with van der Waals surface area (Å²) in [5.41, 5.74) is 1.98. The van der Waals surface area contributed by atoms with E-state index >= 15 is 0 Å². The van der Waals surface area contributed by atoms with Gasteiger partial charge in [-0.2, -0.15) is 5.10 Å². The Bertz CT molecular complexity index is 388. The Kier molecular flexibility index (Phi) is 2.45. The van der Waals surface area contributed by atoms with Crippen LogP contribution in [0.25, 0.3) is 5.65 Å². The van der Waals surface area contributed by atoms with Crippen LogP contribution < -0.4 is 5.32 Å². The molecule has 0 radical (unpaired) electrons. The first-order chi connectivity index (χ1) is 6.79. The summed E-state index contributed by atoms with van der Waals surface area (Å²) in [5.74, 6) is 0. The van der Waals surface area contributed by atoms with E-state index in [0.717, 1.165) is 17.8 Å². The van der Waals surface area contributed by atoms with Gasteiger partial charge in [0, 0.05) is 30.9 Å². The van der Waals surface area contributed by atoms with Crippen molar-refractivity contribution in [2.45, 2.75) is 19.4 Å². The van der Waals surface area contributed by atoms with Gasteiger partial charge in [-0.05, 0) is 20.0 Å². The van der Waals surface area contributed by atoms with Gasteiger partial charge in [0.2, 0.25) is 0 Å². The highest BCUT2D eigenvalue weighted by Crippen LogP contribution is 2.04. The molecule has 0 aliphatic carbocycles. The summed E-state index contributed by atoms with van der Waals surface area (Å²) in [6.07, 6.45) is 4.62. The molecule has 4 nitrogen and oxygen atoms in total. The van der Waals surface area contributed by atoms with Gasteiger partial charge in [-0.25, -0.2) is 9.50 Å². The van der Waals surface area contributed by atoms with Crippen LogP contribution in [-0.2, 0) is 6.42 Å². The van der Waals surface area contributed by atoms with Gasteiger partial charge in [0.1, 0.15) is 0 Å². The third-order valence-electron chi connectivity index (χ3n) is 2.29. The molecule has 0 saturated carbocycles. The molecule has 1 unspecified atom stereocenters. The molecular formula is C10H14N4. The van der Waals surface area contributed by atoms with E-state index in [9.17, 15) is 0 Å². The maximum absolute atomic E-state index is 4.41. The lowest BCUT2D eigenvalue weighted by atomic mass is 10.2. The van der Waals surface area contributed by atoms with Crippen LogP contribution in [0.3, 0.4) is 0 Å². The van der Waals surface area contributed by atoms with E-state index in [-0.39, 0.29) is 0 Å². The third-order valence-corrected chi connectivity index (χ3v) is 2.29. The number of nitrogens with zero attached hydrogens (tertiary/aromatic N) is 3. The summed E-state index contributed by atoms with van der Waals surface area (Å²) in [6.45, 7) is 2.14. The van der Waals surface area contributed by atoms with Crippen molar-refractivity contribution < 1.29 is 0 Å². The number of nitrogens with one attached hydrogen (secondary N) is 1. The zero-order chi connectivity index (χ0) is 9.97. The van der Waals surface area contributed by atoms with Gasteiger partial charge in [-0.3, -0.25) is 0 Å². The van der Waals surface area contributed by atoms with Crippen LogP contribution in [0.2, 0.25) is 0 Å². The van der Waals surface area contributed by atoms with Crippen molar-refractivity contribution in [1.82, 2.24) is 19.9 Å². The summed E-state index contributed by atoms with van der Waals surface area (Å²) >= 11 is 0. The van der Waals surface area contributed by atoms with Crippen molar-refractivity contribution in [3.8, 4) is 0 Å². The van der Waals surface area contributed by atoms with Gasteiger partial charge in [-0.15, -0.1) is 0 Å². The van der Waals surface area contributed by atoms with Crippen molar-refractivity contribution in [2.24, 2.45) is 0 Å². The summed E-state index contributed by atoms with van der Waals surface area (Å²) < 4.78 is 1.80. The van der Waals surface area contributed by atoms with E-state index in [1.807, 2.05) is 25.4 Å². The highest BCUT2D eigenvalue weighted by molar-refractivity contribution is 5.38. The molecule has 2 aromatic rings. The predicted molar refractivity (Wildman–Crippen MR) is 55.2 cm³/mol. The van der Waals surface area contributed by atoms with Crippen molar-refractivity contribution in [3.63, 3.8) is 0 Å². The van der Waals surface area contributed by atoms with Crippen LogP contribution in [0.4, 0.5) is 0 Å². The second-order valence-electron chi connectivity index (χ2n) is 3.45. The van der Waals surface area contributed by atoms with Gasteiger partial charge >= 0.3 is 0 Å². The fourth-order valence-corrected chi connectivity index (χ4v) is 1.39. The number of likely N-dealkylation sites (N-methyl/N-ethyl adjacent to an activating group) is 1. The molecule has 0 fully saturated rings. The topological polar surface area (TPSA) is 42.2 Å². The Balaban J connectivity index is 2.27. The van der Waals surface area contributed by atoms with Crippen LogP contribution in [0, 0.1) is 0 Å². The fourth-order valence-electron chi connectivity index (χ4n) is 1.39. The van der Waals surface area contributed by atoms with E-state index in [2.05, 4.69) is 22.3 Å². The van der Waals surface area contributed by atoms with Crippen molar-refractivity contribution in [1.29, 1.82) is 0 Å². The minimum Gasteiger partial charge on any atom is -0.317 e. The standard InChI is InChI=1S/C10H14N4/c1-8(11-2)6-9-7-10-12-4-3-5-14(10)13-9/h3-5,7-8,11H,6H2,1-2H3. The molecule has 0 aromatic carbocycles. The monoisotopic (exact) mass is 190 g/mol. The lowest BCUT2D eigenvalue weighted by Crippen LogP contribution is -2.23. The highest BCUT2D eigenvalue weighted by Gasteiger charge is 2.05. The first kappa shape index (κ1) is 9.15. The largest absolute Gasteiger partial charge is 0.317 e. The molecule has 0 aliphatic rings. The van der Waals surface area contributed by atoms with Gasteiger partial charge in [0.05, 0.1) is 5.69 Å². The van der Waals surface area contributed by atoms with Crippen LogP contribution in [-0.4, -0.2) is 27.7 Å². The molecule has 4 heteroatoms. The van der Waals surface area contributed by atoms with E-state index in [0.29, 0.717) is 6.04 Å². The van der Waals surface area contributed by atoms with Crippen molar-refractivity contribution in [2.75, 3.05) is 7.05 Å². The van der Waals surface area contributed by atoms with Gasteiger partial charge < -0.3 is 5.32 Å². The zero-order valence-electron chi connectivity index (χ0n) is 8.44. The predicted octanol–water partition coefficient (Wildman–Crippen LogP) is 0.880. The summed E-state index contributed by atoms with van der Waals surface area (Å²) in [4.78, 5) is 4.22. The molecule has 2 heterocycles. The maximum Gasteiger partial charge on any atom is 0.155 e. The SMILES string of the molecule is CNC(C)Cc1cc2ncccn2n1.